The van der Waals surface area contributed by atoms with Crippen molar-refractivity contribution >= 4 is 16.7 Å². The first-order chi connectivity index (χ1) is 9.74. The second kappa shape index (κ2) is 5.05. The molecule has 0 aliphatic heterocycles. The van der Waals surface area contributed by atoms with Crippen molar-refractivity contribution in [2.75, 3.05) is 5.73 Å². The van der Waals surface area contributed by atoms with Crippen LogP contribution in [0.15, 0.2) is 53.3 Å². The van der Waals surface area contributed by atoms with Crippen LogP contribution in [0.3, 0.4) is 0 Å². The number of H-pyrrole nitrogens is 1. The number of para-hydroxylation sites is 4. The van der Waals surface area contributed by atoms with Gasteiger partial charge in [-0.1, -0.05) is 24.3 Å². The minimum Gasteiger partial charge on any atom is -0.485 e. The molecule has 0 bridgehead atoms. The van der Waals surface area contributed by atoms with E-state index in [9.17, 15) is 4.79 Å². The number of nitrogens with one attached hydrogen (secondary N) is 1. The second-order valence-corrected chi connectivity index (χ2v) is 4.36. The van der Waals surface area contributed by atoms with Crippen LogP contribution < -0.4 is 16.0 Å². The number of hydrogen-bond donors (Lipinski definition) is 2. The van der Waals surface area contributed by atoms with Crippen molar-refractivity contribution in [3.63, 3.8) is 0 Å². The van der Waals surface area contributed by atoms with Gasteiger partial charge in [0, 0.05) is 0 Å². The standard InChI is InChI=1S/C15H13N3O2/c16-10-5-1-4-8-14(10)20-9-13-15(19)18-12-7-3-2-6-11(12)17-13/h1-8H,9,16H2,(H,18,19). The van der Waals surface area contributed by atoms with E-state index >= 15 is 0 Å². The Morgan fingerprint density at radius 1 is 1.10 bits per heavy atom. The van der Waals surface area contributed by atoms with Gasteiger partial charge in [0.2, 0.25) is 0 Å². The molecular weight excluding hydrogens is 254 g/mol. The number of fused-ring (bicyclic) bond motifs is 1. The third-order valence-electron chi connectivity index (χ3n) is 2.95. The summed E-state index contributed by atoms with van der Waals surface area (Å²) in [6, 6.07) is 14.5. The Morgan fingerprint density at radius 2 is 1.85 bits per heavy atom. The van der Waals surface area contributed by atoms with E-state index in [1.165, 1.54) is 0 Å². The summed E-state index contributed by atoms with van der Waals surface area (Å²) in [6.07, 6.45) is 0. The summed E-state index contributed by atoms with van der Waals surface area (Å²) in [5.74, 6) is 0.543. The zero-order valence-corrected chi connectivity index (χ0v) is 10.7. The maximum atomic E-state index is 11.9. The lowest BCUT2D eigenvalue weighted by atomic mass is 10.3. The second-order valence-electron chi connectivity index (χ2n) is 4.36. The molecule has 0 radical (unpaired) electrons. The molecule has 0 spiro atoms. The number of aromatic nitrogens is 2. The highest BCUT2D eigenvalue weighted by Crippen LogP contribution is 2.20. The lowest BCUT2D eigenvalue weighted by Crippen LogP contribution is -2.17. The molecule has 2 aromatic carbocycles. The highest BCUT2D eigenvalue weighted by atomic mass is 16.5. The van der Waals surface area contributed by atoms with E-state index in [0.717, 1.165) is 5.52 Å². The molecule has 5 heteroatoms. The van der Waals surface area contributed by atoms with E-state index < -0.39 is 0 Å². The molecular formula is C15H13N3O2. The van der Waals surface area contributed by atoms with Crippen molar-refractivity contribution in [3.8, 4) is 5.75 Å². The molecule has 1 aromatic heterocycles. The fourth-order valence-electron chi connectivity index (χ4n) is 1.92. The summed E-state index contributed by atoms with van der Waals surface area (Å²) in [7, 11) is 0. The normalized spacial score (nSPS) is 10.6. The van der Waals surface area contributed by atoms with E-state index in [0.29, 0.717) is 22.6 Å². The minimum absolute atomic E-state index is 0.0778. The largest absolute Gasteiger partial charge is 0.485 e. The fourth-order valence-corrected chi connectivity index (χ4v) is 1.92. The van der Waals surface area contributed by atoms with Crippen LogP contribution in [0.4, 0.5) is 5.69 Å². The van der Waals surface area contributed by atoms with Gasteiger partial charge >= 0.3 is 0 Å². The van der Waals surface area contributed by atoms with Crippen molar-refractivity contribution in [1.82, 2.24) is 9.97 Å². The highest BCUT2D eigenvalue weighted by Gasteiger charge is 2.06. The Hall–Kier alpha value is -2.82. The molecule has 100 valence electrons. The van der Waals surface area contributed by atoms with Crippen LogP contribution in [-0.4, -0.2) is 9.97 Å². The molecule has 1 heterocycles. The van der Waals surface area contributed by atoms with E-state index in [-0.39, 0.29) is 12.2 Å². The van der Waals surface area contributed by atoms with Crippen LogP contribution in [0, 0.1) is 0 Å². The van der Waals surface area contributed by atoms with Gasteiger partial charge in [-0.2, -0.15) is 0 Å². The summed E-state index contributed by atoms with van der Waals surface area (Å²) in [5.41, 5.74) is 7.83. The number of anilines is 1. The van der Waals surface area contributed by atoms with E-state index in [1.54, 1.807) is 12.1 Å². The molecule has 0 aliphatic carbocycles. The molecule has 3 rings (SSSR count). The predicted molar refractivity (Wildman–Crippen MR) is 77.6 cm³/mol. The number of nitrogens with zero attached hydrogens (tertiary/aromatic N) is 1. The molecule has 0 aliphatic rings. The van der Waals surface area contributed by atoms with Crippen LogP contribution in [0.2, 0.25) is 0 Å². The smallest absolute Gasteiger partial charge is 0.273 e. The Labute approximate surface area is 115 Å². The van der Waals surface area contributed by atoms with Crippen LogP contribution in [0.5, 0.6) is 5.75 Å². The Bertz CT molecular complexity index is 811. The SMILES string of the molecule is Nc1ccccc1OCc1nc2ccccc2[nH]c1=O. The average Bonchev–Trinajstić information content (AvgIpc) is 2.46. The first kappa shape index (κ1) is 12.2. The first-order valence-corrected chi connectivity index (χ1v) is 6.19. The number of benzene rings is 2. The summed E-state index contributed by atoms with van der Waals surface area (Å²) < 4.78 is 5.55. The Morgan fingerprint density at radius 3 is 2.70 bits per heavy atom. The lowest BCUT2D eigenvalue weighted by Gasteiger charge is -2.08. The molecule has 0 unspecified atom stereocenters. The first-order valence-electron chi connectivity index (χ1n) is 6.19. The van der Waals surface area contributed by atoms with Gasteiger partial charge in [0.1, 0.15) is 18.1 Å². The maximum absolute atomic E-state index is 11.9. The lowest BCUT2D eigenvalue weighted by molar-refractivity contribution is 0.301. The van der Waals surface area contributed by atoms with Gasteiger partial charge in [0.25, 0.3) is 5.56 Å². The quantitative estimate of drug-likeness (QED) is 0.712. The molecule has 0 saturated carbocycles. The van der Waals surface area contributed by atoms with Gasteiger partial charge in [-0.05, 0) is 24.3 Å². The number of nitrogens with two attached hydrogens (primary N) is 1. The molecule has 3 N–H and O–H groups in total. The van der Waals surface area contributed by atoms with Crippen LogP contribution in [-0.2, 0) is 6.61 Å². The summed E-state index contributed by atoms with van der Waals surface area (Å²) in [5, 5.41) is 0. The Balaban J connectivity index is 1.89. The number of rotatable bonds is 3. The van der Waals surface area contributed by atoms with Gasteiger partial charge in [0.15, 0.2) is 0 Å². The average molecular weight is 267 g/mol. The van der Waals surface area contributed by atoms with E-state index in [4.69, 9.17) is 10.5 Å². The van der Waals surface area contributed by atoms with Crippen LogP contribution in [0.25, 0.3) is 11.0 Å². The summed E-state index contributed by atoms with van der Waals surface area (Å²) in [4.78, 5) is 19.0. The van der Waals surface area contributed by atoms with Crippen molar-refractivity contribution in [1.29, 1.82) is 0 Å². The van der Waals surface area contributed by atoms with E-state index in [1.807, 2.05) is 36.4 Å². The van der Waals surface area contributed by atoms with Crippen molar-refractivity contribution in [2.45, 2.75) is 6.61 Å². The zero-order valence-electron chi connectivity index (χ0n) is 10.7. The molecule has 0 atom stereocenters. The molecule has 0 fully saturated rings. The number of nitrogen functional groups attached to an aromatic ring is 1. The molecule has 5 nitrogen and oxygen atoms in total. The monoisotopic (exact) mass is 267 g/mol. The number of ether oxygens (including phenoxy) is 1. The van der Waals surface area contributed by atoms with Crippen LogP contribution in [0.1, 0.15) is 5.69 Å². The highest BCUT2D eigenvalue weighted by molar-refractivity contribution is 5.73. The van der Waals surface area contributed by atoms with Gasteiger partial charge in [0.05, 0.1) is 16.7 Å². The number of aromatic amines is 1. The molecule has 3 aromatic rings. The van der Waals surface area contributed by atoms with Crippen molar-refractivity contribution in [2.24, 2.45) is 0 Å². The fraction of sp³-hybridized carbons (Fsp3) is 0.0667. The maximum Gasteiger partial charge on any atom is 0.273 e. The number of hydrogen-bond acceptors (Lipinski definition) is 4. The Kier molecular flexibility index (Phi) is 3.09. The van der Waals surface area contributed by atoms with Crippen molar-refractivity contribution in [3.05, 3.63) is 64.6 Å². The third-order valence-corrected chi connectivity index (χ3v) is 2.95. The van der Waals surface area contributed by atoms with E-state index in [2.05, 4.69) is 9.97 Å². The molecule has 20 heavy (non-hydrogen) atoms. The van der Waals surface area contributed by atoms with Gasteiger partial charge in [-0.25, -0.2) is 4.98 Å². The van der Waals surface area contributed by atoms with Gasteiger partial charge < -0.3 is 15.5 Å². The van der Waals surface area contributed by atoms with Crippen molar-refractivity contribution < 1.29 is 4.74 Å². The molecule has 0 amide bonds. The van der Waals surface area contributed by atoms with Gasteiger partial charge in [-0.15, -0.1) is 0 Å². The van der Waals surface area contributed by atoms with Gasteiger partial charge in [-0.3, -0.25) is 4.79 Å². The topological polar surface area (TPSA) is 81.0 Å². The zero-order chi connectivity index (χ0) is 13.9. The summed E-state index contributed by atoms with van der Waals surface area (Å²) >= 11 is 0. The third kappa shape index (κ3) is 2.33. The summed E-state index contributed by atoms with van der Waals surface area (Å²) in [6.45, 7) is 0.0778. The predicted octanol–water partition coefficient (Wildman–Crippen LogP) is 2.08. The van der Waals surface area contributed by atoms with Crippen LogP contribution >= 0.6 is 0 Å². The molecule has 0 saturated heterocycles. The minimum atomic E-state index is -0.252.